The fourth-order valence-electron chi connectivity index (χ4n) is 7.41. The highest BCUT2D eigenvalue weighted by atomic mass is 16.7. The molecule has 3 aliphatic carbocycles. The van der Waals surface area contributed by atoms with Gasteiger partial charge in [0, 0.05) is 36.0 Å². The molecule has 0 spiro atoms. The van der Waals surface area contributed by atoms with E-state index in [2.05, 4.69) is 5.32 Å². The van der Waals surface area contributed by atoms with Gasteiger partial charge >= 0.3 is 6.09 Å². The Morgan fingerprint density at radius 1 is 1.06 bits per heavy atom. The molecule has 14 nitrogen and oxygen atoms in total. The number of amides is 1. The van der Waals surface area contributed by atoms with Crippen LogP contribution in [-0.4, -0.2) is 98.9 Å². The van der Waals surface area contributed by atoms with Crippen molar-refractivity contribution in [3.63, 3.8) is 0 Å². The molecular formula is C36H41NO13. The number of phenolic OH excluding ortho intramolecular Hbond substituents is 2. The van der Waals surface area contributed by atoms with Gasteiger partial charge in [0.15, 0.2) is 17.9 Å². The lowest BCUT2D eigenvalue weighted by molar-refractivity contribution is -0.249. The number of aliphatic hydroxyl groups is 3. The summed E-state index contributed by atoms with van der Waals surface area (Å²) in [5, 5.41) is 58.1. The standard InChI is InChI=1S/C36H41NO13/c1-17-30(40)21(37-35(45)49-18-9-6-4-3-5-7-10-18)13-25(48-17)50-23-15-36(46,24(39)16-38)14-20-27(23)34(44)29-28(32(20)42)31(41)19-11-8-12-22(47-2)26(19)33(29)43/h6,8-9,11-12,17-18,21,23,25,30,38,40,42,44,46H,3-5,7,10,13-16H2,1-2H3,(H,37,45)/b9-6+/t17?,18?,21?,23-,25?,30+,36-/m0/s1. The van der Waals surface area contributed by atoms with Crippen LogP contribution in [0.4, 0.5) is 4.79 Å². The molecule has 14 heteroatoms. The third kappa shape index (κ3) is 6.37. The Kier molecular flexibility index (Phi) is 10.0. The first kappa shape index (κ1) is 35.5. The highest BCUT2D eigenvalue weighted by molar-refractivity contribution is 6.31. The first-order chi connectivity index (χ1) is 23.9. The summed E-state index contributed by atoms with van der Waals surface area (Å²) in [6.07, 6.45) is 1.13. The maximum atomic E-state index is 13.9. The number of alkyl carbamates (subject to hydrolysis) is 1. The number of carbonyl (C=O) groups is 4. The van der Waals surface area contributed by atoms with Crippen molar-refractivity contribution in [1.29, 1.82) is 0 Å². The summed E-state index contributed by atoms with van der Waals surface area (Å²) < 4.78 is 23.0. The average Bonchev–Trinajstić information content (AvgIpc) is 3.07. The first-order valence-electron chi connectivity index (χ1n) is 16.7. The molecule has 2 aromatic carbocycles. The molecule has 0 aromatic heterocycles. The van der Waals surface area contributed by atoms with Crippen molar-refractivity contribution in [2.75, 3.05) is 13.7 Å². The molecule has 7 atom stereocenters. The van der Waals surface area contributed by atoms with E-state index < -0.39 is 108 Å². The van der Waals surface area contributed by atoms with Crippen molar-refractivity contribution in [3.05, 3.63) is 63.7 Å². The van der Waals surface area contributed by atoms with Crippen LogP contribution in [0.3, 0.4) is 0 Å². The summed E-state index contributed by atoms with van der Waals surface area (Å²) in [6.45, 7) is 0.487. The van der Waals surface area contributed by atoms with E-state index in [4.69, 9.17) is 18.9 Å². The van der Waals surface area contributed by atoms with Crippen LogP contribution in [0.15, 0.2) is 30.4 Å². The van der Waals surface area contributed by atoms with Crippen LogP contribution in [0.5, 0.6) is 17.2 Å². The lowest BCUT2D eigenvalue weighted by Gasteiger charge is -2.42. The molecule has 50 heavy (non-hydrogen) atoms. The summed E-state index contributed by atoms with van der Waals surface area (Å²) in [5.74, 6) is -3.98. The molecule has 0 bridgehead atoms. The van der Waals surface area contributed by atoms with Gasteiger partial charge in [-0.2, -0.15) is 0 Å². The molecule has 1 aliphatic heterocycles. The van der Waals surface area contributed by atoms with Crippen molar-refractivity contribution >= 4 is 23.4 Å². The van der Waals surface area contributed by atoms with E-state index in [-0.39, 0.29) is 34.4 Å². The van der Waals surface area contributed by atoms with E-state index >= 15 is 0 Å². The summed E-state index contributed by atoms with van der Waals surface area (Å²) in [4.78, 5) is 53.4. The molecule has 4 aliphatic rings. The summed E-state index contributed by atoms with van der Waals surface area (Å²) in [5.41, 5.74) is -3.93. The van der Waals surface area contributed by atoms with Crippen molar-refractivity contribution in [1.82, 2.24) is 5.32 Å². The van der Waals surface area contributed by atoms with Crippen LogP contribution in [0.25, 0.3) is 0 Å². The second-order valence-electron chi connectivity index (χ2n) is 13.3. The molecule has 0 saturated carbocycles. The molecule has 6 N–H and O–H groups in total. The summed E-state index contributed by atoms with van der Waals surface area (Å²) >= 11 is 0. The molecule has 2 aromatic rings. The minimum atomic E-state index is -2.32. The van der Waals surface area contributed by atoms with Gasteiger partial charge in [-0.1, -0.05) is 24.6 Å². The maximum Gasteiger partial charge on any atom is 0.408 e. The zero-order valence-corrected chi connectivity index (χ0v) is 27.7. The number of Topliss-reactive ketones (excluding diaryl/α,β-unsaturated/α-hetero) is 1. The highest BCUT2D eigenvalue weighted by Gasteiger charge is 2.50. The molecule has 4 unspecified atom stereocenters. The Morgan fingerprint density at radius 3 is 2.56 bits per heavy atom. The molecular weight excluding hydrogens is 654 g/mol. The van der Waals surface area contributed by atoms with Crippen LogP contribution in [0.2, 0.25) is 0 Å². The maximum absolute atomic E-state index is 13.9. The Morgan fingerprint density at radius 2 is 1.82 bits per heavy atom. The van der Waals surface area contributed by atoms with Gasteiger partial charge in [-0.25, -0.2) is 4.79 Å². The smallest absolute Gasteiger partial charge is 0.408 e. The van der Waals surface area contributed by atoms with E-state index in [1.165, 1.54) is 25.3 Å². The number of nitrogens with one attached hydrogen (secondary N) is 1. The number of ether oxygens (including phenoxy) is 4. The number of allylic oxidation sites excluding steroid dienone is 1. The van der Waals surface area contributed by atoms with Crippen molar-refractivity contribution in [2.24, 2.45) is 0 Å². The minimum Gasteiger partial charge on any atom is -0.507 e. The van der Waals surface area contributed by atoms with E-state index in [1.54, 1.807) is 6.92 Å². The van der Waals surface area contributed by atoms with Crippen LogP contribution in [0.1, 0.15) is 101 Å². The van der Waals surface area contributed by atoms with Crippen molar-refractivity contribution in [2.45, 2.75) is 101 Å². The van der Waals surface area contributed by atoms with Crippen LogP contribution >= 0.6 is 0 Å². The first-order valence-corrected chi connectivity index (χ1v) is 16.7. The fourth-order valence-corrected chi connectivity index (χ4v) is 7.41. The molecule has 1 saturated heterocycles. The van der Waals surface area contributed by atoms with Crippen molar-refractivity contribution in [3.8, 4) is 17.2 Å². The van der Waals surface area contributed by atoms with E-state index in [9.17, 15) is 44.7 Å². The van der Waals surface area contributed by atoms with Crippen molar-refractivity contribution < 1.29 is 63.7 Å². The SMILES string of the molecule is COc1cccc2c1C(=O)c1c(O)c3c(c(O)c1C2=O)C[C@@](O)(C(=O)CO)C[C@@H]3OC1CC(NC(=O)OC2/C=C/CCCCC2)[C@H](O)C(C)O1. The van der Waals surface area contributed by atoms with E-state index in [1.807, 2.05) is 12.2 Å². The predicted molar refractivity (Wildman–Crippen MR) is 173 cm³/mol. The number of fused-ring (bicyclic) bond motifs is 3. The molecule has 1 heterocycles. The van der Waals surface area contributed by atoms with Gasteiger partial charge in [-0.05, 0) is 44.7 Å². The third-order valence-corrected chi connectivity index (χ3v) is 10.0. The zero-order chi connectivity index (χ0) is 35.9. The largest absolute Gasteiger partial charge is 0.507 e. The molecule has 6 rings (SSSR count). The number of methoxy groups -OCH3 is 1. The number of hydrogen-bond acceptors (Lipinski definition) is 13. The topological polar surface area (TPSA) is 218 Å². The lowest BCUT2D eigenvalue weighted by atomic mass is 9.72. The number of carbonyl (C=O) groups excluding carboxylic acids is 4. The van der Waals surface area contributed by atoms with Gasteiger partial charge < -0.3 is 49.8 Å². The Bertz CT molecular complexity index is 1740. The minimum absolute atomic E-state index is 0.0737. The van der Waals surface area contributed by atoms with E-state index in [0.29, 0.717) is 6.42 Å². The average molecular weight is 696 g/mol. The second kappa shape index (κ2) is 14.1. The van der Waals surface area contributed by atoms with Gasteiger partial charge in [0.05, 0.1) is 42.0 Å². The monoisotopic (exact) mass is 695 g/mol. The molecule has 268 valence electrons. The number of hydrogen-bond donors (Lipinski definition) is 6. The number of phenols is 2. The predicted octanol–water partition coefficient (Wildman–Crippen LogP) is 2.66. The normalized spacial score (nSPS) is 29.8. The zero-order valence-electron chi connectivity index (χ0n) is 27.7. The highest BCUT2D eigenvalue weighted by Crippen LogP contribution is 2.52. The van der Waals surface area contributed by atoms with Gasteiger partial charge in [-0.3, -0.25) is 14.4 Å². The lowest BCUT2D eigenvalue weighted by Crippen LogP contribution is -2.56. The number of aromatic hydroxyl groups is 2. The summed E-state index contributed by atoms with van der Waals surface area (Å²) in [6, 6.07) is 3.41. The van der Waals surface area contributed by atoms with Gasteiger partial charge in [0.25, 0.3) is 0 Å². The molecule has 1 fully saturated rings. The third-order valence-electron chi connectivity index (χ3n) is 10.0. The van der Waals surface area contributed by atoms with Gasteiger partial charge in [-0.15, -0.1) is 0 Å². The number of ketones is 3. The van der Waals surface area contributed by atoms with Crippen LogP contribution in [-0.2, 0) is 25.4 Å². The van der Waals surface area contributed by atoms with Crippen LogP contribution < -0.4 is 10.1 Å². The fraction of sp³-hybridized carbons (Fsp3) is 0.500. The van der Waals surface area contributed by atoms with Crippen LogP contribution in [0, 0.1) is 0 Å². The van der Waals surface area contributed by atoms with Gasteiger partial charge in [0.1, 0.15) is 41.7 Å². The number of benzene rings is 2. The quantitative estimate of drug-likeness (QED) is 0.155. The number of rotatable bonds is 7. The summed E-state index contributed by atoms with van der Waals surface area (Å²) in [7, 11) is 1.31. The molecule has 0 radical (unpaired) electrons. The Balaban J connectivity index is 1.33. The van der Waals surface area contributed by atoms with E-state index in [0.717, 1.165) is 25.7 Å². The Labute approximate surface area is 287 Å². The second-order valence-corrected chi connectivity index (χ2v) is 13.3. The number of aliphatic hydroxyl groups excluding tert-OH is 2. The molecule has 1 amide bonds. The Hall–Kier alpha value is -4.34. The van der Waals surface area contributed by atoms with Gasteiger partial charge in [0.2, 0.25) is 5.78 Å².